The average Bonchev–Trinajstić information content (AvgIpc) is 2.54. The van der Waals surface area contributed by atoms with Crippen molar-refractivity contribution in [2.45, 2.75) is 50.4 Å². The molecular weight excluding hydrogens is 215 g/mol. The Hall–Kier alpha value is -0.930. The normalized spacial score (nSPS) is 32.9. The molecule has 2 aliphatic rings. The lowest BCUT2D eigenvalue weighted by Crippen LogP contribution is -2.46. The molecule has 2 fully saturated rings. The summed E-state index contributed by atoms with van der Waals surface area (Å²) in [4.78, 5) is 2.53. The van der Waals surface area contributed by atoms with Crippen LogP contribution >= 0.6 is 0 Å². The fourth-order valence-electron chi connectivity index (χ4n) is 3.42. The van der Waals surface area contributed by atoms with Crippen molar-refractivity contribution in [1.82, 2.24) is 4.90 Å². The number of nitrogens with two attached hydrogens (primary N) is 1. The lowest BCUT2D eigenvalue weighted by Gasteiger charge is -2.37. The Morgan fingerprint density at radius 3 is 2.59 bits per heavy atom. The zero-order chi connectivity index (χ0) is 11.8. The Morgan fingerprint density at radius 1 is 1.24 bits per heavy atom. The minimum absolute atomic E-state index is 0.136. The summed E-state index contributed by atoms with van der Waals surface area (Å²) < 4.78 is 13.2. The second kappa shape index (κ2) is 4.39. The van der Waals surface area contributed by atoms with E-state index in [1.165, 1.54) is 18.9 Å². The molecule has 0 radical (unpaired) electrons. The maximum Gasteiger partial charge on any atom is 0.123 e. The van der Waals surface area contributed by atoms with Crippen LogP contribution in [0.25, 0.3) is 0 Å². The lowest BCUT2D eigenvalue weighted by molar-refractivity contribution is 0.120. The number of halogens is 1. The average molecular weight is 234 g/mol. The molecule has 2 bridgehead atoms. The lowest BCUT2D eigenvalue weighted by atomic mass is 9.97. The molecule has 2 aliphatic heterocycles. The van der Waals surface area contributed by atoms with E-state index in [0.29, 0.717) is 18.1 Å². The smallest absolute Gasteiger partial charge is 0.123 e. The second-order valence-corrected chi connectivity index (χ2v) is 5.42. The highest BCUT2D eigenvalue weighted by atomic mass is 19.1. The molecule has 0 saturated carbocycles. The van der Waals surface area contributed by atoms with Gasteiger partial charge in [-0.25, -0.2) is 4.39 Å². The van der Waals surface area contributed by atoms with E-state index in [2.05, 4.69) is 4.90 Å². The van der Waals surface area contributed by atoms with Crippen LogP contribution in [0.2, 0.25) is 0 Å². The Balaban J connectivity index is 1.74. The van der Waals surface area contributed by atoms with E-state index >= 15 is 0 Å². The second-order valence-electron chi connectivity index (χ2n) is 5.42. The van der Waals surface area contributed by atoms with Gasteiger partial charge >= 0.3 is 0 Å². The van der Waals surface area contributed by atoms with Gasteiger partial charge in [0.15, 0.2) is 0 Å². The SMILES string of the molecule is NC1CC2CCC(C1)N2Cc1cccc(F)c1. The molecule has 0 spiro atoms. The van der Waals surface area contributed by atoms with Gasteiger partial charge < -0.3 is 5.73 Å². The van der Waals surface area contributed by atoms with Gasteiger partial charge in [0.25, 0.3) is 0 Å². The molecule has 2 unspecified atom stereocenters. The van der Waals surface area contributed by atoms with E-state index in [1.54, 1.807) is 12.1 Å². The highest BCUT2D eigenvalue weighted by Gasteiger charge is 2.39. The topological polar surface area (TPSA) is 29.3 Å². The van der Waals surface area contributed by atoms with Gasteiger partial charge in [0.05, 0.1) is 0 Å². The largest absolute Gasteiger partial charge is 0.328 e. The van der Waals surface area contributed by atoms with E-state index in [-0.39, 0.29) is 5.82 Å². The number of rotatable bonds is 2. The molecule has 2 saturated heterocycles. The van der Waals surface area contributed by atoms with Crippen LogP contribution in [0, 0.1) is 5.82 Å². The molecule has 17 heavy (non-hydrogen) atoms. The van der Waals surface area contributed by atoms with E-state index in [1.807, 2.05) is 6.07 Å². The van der Waals surface area contributed by atoms with Gasteiger partial charge in [-0.1, -0.05) is 12.1 Å². The maximum absolute atomic E-state index is 13.2. The van der Waals surface area contributed by atoms with E-state index < -0.39 is 0 Å². The zero-order valence-electron chi connectivity index (χ0n) is 9.98. The molecular formula is C14H19FN2. The molecule has 92 valence electrons. The molecule has 1 aromatic carbocycles. The summed E-state index contributed by atoms with van der Waals surface area (Å²) in [6, 6.07) is 8.56. The van der Waals surface area contributed by atoms with Gasteiger partial charge in [0.2, 0.25) is 0 Å². The zero-order valence-corrected chi connectivity index (χ0v) is 9.98. The number of benzene rings is 1. The molecule has 3 rings (SSSR count). The van der Waals surface area contributed by atoms with Crippen molar-refractivity contribution in [2.24, 2.45) is 5.73 Å². The number of fused-ring (bicyclic) bond motifs is 2. The molecule has 3 heteroatoms. The first-order valence-corrected chi connectivity index (χ1v) is 6.48. The third-order valence-corrected chi connectivity index (χ3v) is 4.17. The van der Waals surface area contributed by atoms with Gasteiger partial charge in [-0.2, -0.15) is 0 Å². The maximum atomic E-state index is 13.2. The Kier molecular flexibility index (Phi) is 2.89. The van der Waals surface area contributed by atoms with Crippen LogP contribution in [0.5, 0.6) is 0 Å². The Bertz CT molecular complexity index is 393. The van der Waals surface area contributed by atoms with Crippen LogP contribution in [0.4, 0.5) is 4.39 Å². The molecule has 0 amide bonds. The highest BCUT2D eigenvalue weighted by Crippen LogP contribution is 2.36. The summed E-state index contributed by atoms with van der Waals surface area (Å²) in [6.45, 7) is 0.875. The van der Waals surface area contributed by atoms with Crippen LogP contribution in [0.1, 0.15) is 31.2 Å². The number of hydrogen-bond acceptors (Lipinski definition) is 2. The number of hydrogen-bond donors (Lipinski definition) is 1. The number of piperidine rings is 1. The summed E-state index contributed by atoms with van der Waals surface area (Å²) in [5.41, 5.74) is 7.13. The minimum Gasteiger partial charge on any atom is -0.328 e. The standard InChI is InChI=1S/C14H19FN2/c15-11-3-1-2-10(6-11)9-17-13-4-5-14(17)8-12(16)7-13/h1-3,6,12-14H,4-5,7-9,16H2. The quantitative estimate of drug-likeness (QED) is 0.850. The summed E-state index contributed by atoms with van der Waals surface area (Å²) >= 11 is 0. The van der Waals surface area contributed by atoms with Gasteiger partial charge in [0, 0.05) is 24.7 Å². The van der Waals surface area contributed by atoms with Crippen molar-refractivity contribution < 1.29 is 4.39 Å². The third kappa shape index (κ3) is 2.22. The first-order chi connectivity index (χ1) is 8.22. The molecule has 2 heterocycles. The Morgan fingerprint density at radius 2 is 1.94 bits per heavy atom. The Labute approximate surface area is 102 Å². The highest BCUT2D eigenvalue weighted by molar-refractivity contribution is 5.17. The van der Waals surface area contributed by atoms with Gasteiger partial charge in [0.1, 0.15) is 5.82 Å². The van der Waals surface area contributed by atoms with Crippen molar-refractivity contribution in [3.05, 3.63) is 35.6 Å². The van der Waals surface area contributed by atoms with Crippen molar-refractivity contribution in [1.29, 1.82) is 0 Å². The molecule has 2 nitrogen and oxygen atoms in total. The first-order valence-electron chi connectivity index (χ1n) is 6.48. The van der Waals surface area contributed by atoms with Crippen LogP contribution in [-0.2, 0) is 6.54 Å². The van der Waals surface area contributed by atoms with Crippen LogP contribution < -0.4 is 5.73 Å². The van der Waals surface area contributed by atoms with Crippen LogP contribution in [0.15, 0.2) is 24.3 Å². The minimum atomic E-state index is -0.136. The summed E-state index contributed by atoms with van der Waals surface area (Å²) in [5.74, 6) is -0.136. The molecule has 2 N–H and O–H groups in total. The fraction of sp³-hybridized carbons (Fsp3) is 0.571. The van der Waals surface area contributed by atoms with E-state index in [4.69, 9.17) is 5.73 Å². The molecule has 1 aromatic rings. The van der Waals surface area contributed by atoms with E-state index in [0.717, 1.165) is 24.9 Å². The molecule has 0 aliphatic carbocycles. The van der Waals surface area contributed by atoms with Crippen molar-refractivity contribution in [3.63, 3.8) is 0 Å². The number of nitrogens with zero attached hydrogens (tertiary/aromatic N) is 1. The predicted octanol–water partition coefficient (Wildman–Crippen LogP) is 2.28. The predicted molar refractivity (Wildman–Crippen MR) is 66.0 cm³/mol. The summed E-state index contributed by atoms with van der Waals surface area (Å²) in [6.07, 6.45) is 4.72. The monoisotopic (exact) mass is 234 g/mol. The third-order valence-electron chi connectivity index (χ3n) is 4.17. The van der Waals surface area contributed by atoms with Crippen molar-refractivity contribution >= 4 is 0 Å². The summed E-state index contributed by atoms with van der Waals surface area (Å²) in [7, 11) is 0. The fourth-order valence-corrected chi connectivity index (χ4v) is 3.42. The van der Waals surface area contributed by atoms with Crippen molar-refractivity contribution in [3.8, 4) is 0 Å². The van der Waals surface area contributed by atoms with Crippen LogP contribution in [0.3, 0.4) is 0 Å². The molecule has 0 aromatic heterocycles. The van der Waals surface area contributed by atoms with Crippen molar-refractivity contribution in [2.75, 3.05) is 0 Å². The van der Waals surface area contributed by atoms with Gasteiger partial charge in [-0.05, 0) is 43.4 Å². The molecule has 2 atom stereocenters. The first kappa shape index (κ1) is 11.2. The van der Waals surface area contributed by atoms with Gasteiger partial charge in [-0.3, -0.25) is 4.90 Å². The van der Waals surface area contributed by atoms with E-state index in [9.17, 15) is 4.39 Å². The van der Waals surface area contributed by atoms with Gasteiger partial charge in [-0.15, -0.1) is 0 Å². The summed E-state index contributed by atoms with van der Waals surface area (Å²) in [5, 5.41) is 0. The van der Waals surface area contributed by atoms with Crippen LogP contribution in [-0.4, -0.2) is 23.0 Å².